The number of likely N-dealkylation sites (N-methyl/N-ethyl adjacent to an activating group) is 2. The lowest BCUT2D eigenvalue weighted by atomic mass is 9.99. The molecule has 10 aromatic rings. The molecule has 0 spiro atoms. The van der Waals surface area contributed by atoms with Crippen LogP contribution >= 0.6 is 0 Å². The average molecular weight is 1130 g/mol. The smallest absolute Gasteiger partial charge is 0.235 e. The second-order valence-electron chi connectivity index (χ2n) is 21.6. The highest BCUT2D eigenvalue weighted by atomic mass is 32.2. The van der Waals surface area contributed by atoms with Gasteiger partial charge in [0.25, 0.3) is 0 Å². The molecular formula is C69H73N7O4S2. The van der Waals surface area contributed by atoms with Crippen LogP contribution in [0.1, 0.15) is 73.0 Å². The summed E-state index contributed by atoms with van der Waals surface area (Å²) in [6, 6.07) is 72.4. The zero-order chi connectivity index (χ0) is 57.8. The van der Waals surface area contributed by atoms with Gasteiger partial charge in [0.2, 0.25) is 20.0 Å². The van der Waals surface area contributed by atoms with Crippen molar-refractivity contribution in [2.75, 3.05) is 55.4 Å². The molecule has 1 unspecified atom stereocenters. The van der Waals surface area contributed by atoms with Gasteiger partial charge in [-0.3, -0.25) is 0 Å². The molecule has 0 saturated heterocycles. The number of nitrogens with zero attached hydrogens (tertiary/aromatic N) is 7. The summed E-state index contributed by atoms with van der Waals surface area (Å²) in [6.07, 6.45) is 6.09. The predicted molar refractivity (Wildman–Crippen MR) is 334 cm³/mol. The van der Waals surface area contributed by atoms with Crippen molar-refractivity contribution in [2.45, 2.75) is 49.0 Å². The van der Waals surface area contributed by atoms with E-state index < -0.39 is 37.4 Å². The van der Waals surface area contributed by atoms with Crippen LogP contribution < -0.4 is 0 Å². The summed E-state index contributed by atoms with van der Waals surface area (Å²) in [5, 5.41) is 11.1. The Hall–Kier alpha value is -7.93. The van der Waals surface area contributed by atoms with Crippen LogP contribution in [0.2, 0.25) is 0 Å². The number of hydrogen-bond donors (Lipinski definition) is 0. The van der Waals surface area contributed by atoms with Gasteiger partial charge in [0.1, 0.15) is 0 Å². The van der Waals surface area contributed by atoms with Crippen molar-refractivity contribution in [3.05, 3.63) is 286 Å². The Morgan fingerprint density at radius 2 is 0.793 bits per heavy atom. The fourth-order valence-electron chi connectivity index (χ4n) is 10.8. The van der Waals surface area contributed by atoms with E-state index in [1.54, 1.807) is 20.2 Å². The van der Waals surface area contributed by atoms with Crippen molar-refractivity contribution in [3.8, 4) is 6.07 Å². The van der Waals surface area contributed by atoms with Crippen LogP contribution in [0.5, 0.6) is 0 Å². The van der Waals surface area contributed by atoms with Gasteiger partial charge in [-0.05, 0) is 121 Å². The molecule has 0 amide bonds. The number of nitriles is 1. The molecule has 82 heavy (non-hydrogen) atoms. The van der Waals surface area contributed by atoms with E-state index in [2.05, 4.69) is 100 Å². The molecule has 1 atom stereocenters. The quantitative estimate of drug-likeness (QED) is 0.0664. The number of hydrogen-bond acceptors (Lipinski definition) is 7. The first-order chi connectivity index (χ1) is 39.6. The van der Waals surface area contributed by atoms with Crippen molar-refractivity contribution in [1.82, 2.24) is 27.5 Å². The summed E-state index contributed by atoms with van der Waals surface area (Å²) >= 11 is 0. The Kier molecular flexibility index (Phi) is 19.2. The molecule has 8 aromatic carbocycles. The van der Waals surface area contributed by atoms with Crippen molar-refractivity contribution in [1.29, 1.82) is 5.26 Å². The molecule has 420 valence electrons. The molecule has 2 aromatic heterocycles. The molecule has 10 rings (SSSR count). The summed E-state index contributed by atoms with van der Waals surface area (Å²) in [4.78, 5) is 4.31. The van der Waals surface area contributed by atoms with E-state index in [1.165, 1.54) is 25.3 Å². The monoisotopic (exact) mass is 1130 g/mol. The van der Waals surface area contributed by atoms with Crippen molar-refractivity contribution < 1.29 is 16.8 Å². The molecular weight excluding hydrogens is 1050 g/mol. The molecule has 0 fully saturated rings. The van der Waals surface area contributed by atoms with Gasteiger partial charge in [0, 0.05) is 74.5 Å². The minimum absolute atomic E-state index is 0.0629. The van der Waals surface area contributed by atoms with E-state index in [-0.39, 0.29) is 5.75 Å². The summed E-state index contributed by atoms with van der Waals surface area (Å²) in [5.41, 5.74) is 11.8. The molecule has 0 aliphatic heterocycles. The molecule has 0 aliphatic rings. The summed E-state index contributed by atoms with van der Waals surface area (Å²) in [5.74, 6) is -0.0629. The predicted octanol–water partition coefficient (Wildman–Crippen LogP) is 12.8. The lowest BCUT2D eigenvalue weighted by Gasteiger charge is -2.30. The van der Waals surface area contributed by atoms with Gasteiger partial charge in [-0.1, -0.05) is 194 Å². The fourth-order valence-corrected chi connectivity index (χ4v) is 13.7. The van der Waals surface area contributed by atoms with E-state index in [9.17, 15) is 22.1 Å². The van der Waals surface area contributed by atoms with Crippen LogP contribution in [0.3, 0.4) is 0 Å². The van der Waals surface area contributed by atoms with E-state index in [1.807, 2.05) is 178 Å². The fraction of sp³-hybridized carbons (Fsp3) is 0.232. The Labute approximate surface area is 485 Å². The summed E-state index contributed by atoms with van der Waals surface area (Å²) in [7, 11) is 3.77. The summed E-state index contributed by atoms with van der Waals surface area (Å²) < 4.78 is 63.6. The number of aromatic nitrogens is 2. The minimum atomic E-state index is -4.09. The first-order valence-corrected chi connectivity index (χ1v) is 30.8. The molecule has 0 saturated carbocycles. The lowest BCUT2D eigenvalue weighted by molar-refractivity contribution is 0.414. The molecule has 11 nitrogen and oxygen atoms in total. The minimum Gasteiger partial charge on any atom is -0.343 e. The van der Waals surface area contributed by atoms with E-state index in [0.29, 0.717) is 12.1 Å². The van der Waals surface area contributed by atoms with Gasteiger partial charge in [0.15, 0.2) is 5.25 Å². The molecule has 13 heteroatoms. The molecule has 0 radical (unpaired) electrons. The highest BCUT2D eigenvalue weighted by molar-refractivity contribution is 7.89. The van der Waals surface area contributed by atoms with Gasteiger partial charge in [-0.2, -0.15) is 13.9 Å². The van der Waals surface area contributed by atoms with Crippen LogP contribution in [0.25, 0.3) is 21.8 Å². The van der Waals surface area contributed by atoms with Gasteiger partial charge in [-0.15, -0.1) is 0 Å². The Morgan fingerprint density at radius 3 is 1.18 bits per heavy atom. The van der Waals surface area contributed by atoms with Crippen molar-refractivity contribution >= 4 is 41.9 Å². The zero-order valence-electron chi connectivity index (χ0n) is 47.7. The second kappa shape index (κ2) is 26.8. The van der Waals surface area contributed by atoms with Gasteiger partial charge in [-0.25, -0.2) is 16.8 Å². The van der Waals surface area contributed by atoms with Crippen molar-refractivity contribution in [3.63, 3.8) is 0 Å². The molecule has 0 bridgehead atoms. The molecule has 2 heterocycles. The standard InChI is InChI=1S/C35H36N4O2S.C34H37N3O2S/c1-37(2)22-21-31-26-39(25-27-13-7-4-8-14-27)33-20-19-30(23-32(31)33)34(24-36)42(40,41)38(3)35(28-15-9-5-10-16-28)29-17-11-6-12-18-29;1-35(2)22-21-31-25-37(24-27-13-7-4-8-14-27)33-20-19-28(23-32(31)33)26-40(38,39)36(3)34(29-15-9-5-10-16-29)30-17-11-6-12-18-30/h4-20,23,26,34-35H,21-22,25H2,1-3H3;4-20,23,25,34H,21-22,24,26H2,1-3H3. The van der Waals surface area contributed by atoms with E-state index in [0.717, 1.165) is 87.7 Å². The Balaban J connectivity index is 0.000000198. The summed E-state index contributed by atoms with van der Waals surface area (Å²) in [6.45, 7) is 3.26. The molecule has 0 N–H and O–H groups in total. The number of fused-ring (bicyclic) bond motifs is 2. The first-order valence-electron chi connectivity index (χ1n) is 27.7. The van der Waals surface area contributed by atoms with Gasteiger partial charge < -0.3 is 18.9 Å². The lowest BCUT2D eigenvalue weighted by Crippen LogP contribution is -2.35. The average Bonchev–Trinajstić information content (AvgIpc) is 4.16. The topological polar surface area (TPSA) is 115 Å². The third-order valence-corrected chi connectivity index (χ3v) is 18.9. The maximum Gasteiger partial charge on any atom is 0.235 e. The van der Waals surface area contributed by atoms with Crippen LogP contribution in [0, 0.1) is 11.3 Å². The highest BCUT2D eigenvalue weighted by Gasteiger charge is 2.37. The number of benzene rings is 8. The maximum atomic E-state index is 14.2. The highest BCUT2D eigenvalue weighted by Crippen LogP contribution is 2.37. The van der Waals surface area contributed by atoms with Crippen LogP contribution in [0.4, 0.5) is 0 Å². The zero-order valence-corrected chi connectivity index (χ0v) is 49.3. The largest absolute Gasteiger partial charge is 0.343 e. The van der Waals surface area contributed by atoms with E-state index >= 15 is 0 Å². The van der Waals surface area contributed by atoms with Gasteiger partial charge in [0.05, 0.1) is 23.9 Å². The SMILES string of the molecule is CN(C)CCc1cn(Cc2ccccc2)c2ccc(C(C#N)S(=O)(=O)N(C)C(c3ccccc3)c3ccccc3)cc12.CN(C)CCc1cn(Cc2ccccc2)c2ccc(CS(=O)(=O)N(C)C(c3ccccc3)c3ccccc3)cc12. The number of rotatable bonds is 22. The van der Waals surface area contributed by atoms with E-state index in [4.69, 9.17) is 0 Å². The third-order valence-electron chi connectivity index (χ3n) is 15.2. The maximum absolute atomic E-state index is 14.2. The normalized spacial score (nSPS) is 12.4. The second-order valence-corrected chi connectivity index (χ2v) is 25.7. The molecule has 0 aliphatic carbocycles. The Morgan fingerprint density at radius 1 is 0.427 bits per heavy atom. The van der Waals surface area contributed by atoms with Crippen LogP contribution in [0.15, 0.2) is 231 Å². The Bertz CT molecular complexity index is 3870. The van der Waals surface area contributed by atoms with Crippen LogP contribution in [-0.4, -0.2) is 99.8 Å². The van der Waals surface area contributed by atoms with Crippen LogP contribution in [-0.2, 0) is 51.7 Å². The third kappa shape index (κ3) is 14.0. The van der Waals surface area contributed by atoms with Crippen molar-refractivity contribution in [2.24, 2.45) is 0 Å². The first kappa shape index (κ1) is 58.7. The van der Waals surface area contributed by atoms with Gasteiger partial charge >= 0.3 is 0 Å². The number of sulfonamides is 2.